The van der Waals surface area contributed by atoms with Crippen LogP contribution in [0.5, 0.6) is 23.0 Å². The van der Waals surface area contributed by atoms with Crippen molar-refractivity contribution in [1.29, 1.82) is 0 Å². The van der Waals surface area contributed by atoms with Crippen molar-refractivity contribution >= 4 is 29.2 Å². The summed E-state index contributed by atoms with van der Waals surface area (Å²) in [5.41, 5.74) is 0.542. The number of rotatable bonds is 9. The molecule has 9 nitrogen and oxygen atoms in total. The van der Waals surface area contributed by atoms with Crippen LogP contribution in [0.2, 0.25) is 10.0 Å². The van der Waals surface area contributed by atoms with Crippen LogP contribution in [0.4, 0.5) is 0 Å². The van der Waals surface area contributed by atoms with Gasteiger partial charge in [0.1, 0.15) is 5.75 Å². The van der Waals surface area contributed by atoms with Crippen LogP contribution >= 0.6 is 23.2 Å². The standard InChI is InChI=1S/C20H18Cl2N2O7/c1-26-15-6-11(7-16(27-2)19(15)28-3)20-24-23-17(31-20)9-30-18(25)10-29-14-5-4-12(21)8-13(14)22/h4-8H,9-10H2,1-3H3. The number of methoxy groups -OCH3 is 3. The second-order valence-electron chi connectivity index (χ2n) is 5.94. The normalized spacial score (nSPS) is 10.5. The van der Waals surface area contributed by atoms with Crippen LogP contribution in [0.25, 0.3) is 11.5 Å². The maximum Gasteiger partial charge on any atom is 0.344 e. The third-order valence-corrected chi connectivity index (χ3v) is 4.51. The highest BCUT2D eigenvalue weighted by Crippen LogP contribution is 2.40. The third kappa shape index (κ3) is 5.50. The number of carbonyl (C=O) groups excluding carboxylic acids is 1. The molecule has 0 N–H and O–H groups in total. The molecular formula is C20H18Cl2N2O7. The number of benzene rings is 2. The van der Waals surface area contributed by atoms with Crippen molar-refractivity contribution < 1.29 is 32.9 Å². The van der Waals surface area contributed by atoms with Crippen LogP contribution in [-0.4, -0.2) is 44.1 Å². The molecule has 0 amide bonds. The lowest BCUT2D eigenvalue weighted by Crippen LogP contribution is -2.15. The van der Waals surface area contributed by atoms with E-state index in [1.54, 1.807) is 24.3 Å². The second-order valence-corrected chi connectivity index (χ2v) is 6.78. The number of esters is 1. The molecule has 0 aliphatic rings. The van der Waals surface area contributed by atoms with Gasteiger partial charge in [0.05, 0.1) is 26.4 Å². The van der Waals surface area contributed by atoms with Gasteiger partial charge >= 0.3 is 5.97 Å². The van der Waals surface area contributed by atoms with E-state index in [0.29, 0.717) is 33.6 Å². The number of nitrogens with zero attached hydrogens (tertiary/aromatic N) is 2. The number of ether oxygens (including phenoxy) is 5. The lowest BCUT2D eigenvalue weighted by molar-refractivity contribution is -0.148. The number of carbonyl (C=O) groups is 1. The van der Waals surface area contributed by atoms with Crippen molar-refractivity contribution in [3.8, 4) is 34.5 Å². The summed E-state index contributed by atoms with van der Waals surface area (Å²) < 4.78 is 31.9. The van der Waals surface area contributed by atoms with E-state index in [-0.39, 0.29) is 30.0 Å². The average molecular weight is 469 g/mol. The highest BCUT2D eigenvalue weighted by atomic mass is 35.5. The molecule has 3 rings (SSSR count). The van der Waals surface area contributed by atoms with E-state index in [2.05, 4.69) is 10.2 Å². The van der Waals surface area contributed by atoms with Gasteiger partial charge in [-0.05, 0) is 30.3 Å². The highest BCUT2D eigenvalue weighted by Gasteiger charge is 2.18. The summed E-state index contributed by atoms with van der Waals surface area (Å²) in [4.78, 5) is 11.9. The predicted molar refractivity (Wildman–Crippen MR) is 111 cm³/mol. The van der Waals surface area contributed by atoms with Crippen molar-refractivity contribution in [3.05, 3.63) is 46.3 Å². The highest BCUT2D eigenvalue weighted by molar-refractivity contribution is 6.35. The van der Waals surface area contributed by atoms with E-state index >= 15 is 0 Å². The second kappa shape index (κ2) is 10.2. The van der Waals surface area contributed by atoms with Gasteiger partial charge in [-0.2, -0.15) is 0 Å². The molecule has 0 spiro atoms. The zero-order valence-electron chi connectivity index (χ0n) is 16.8. The van der Waals surface area contributed by atoms with Gasteiger partial charge in [0.15, 0.2) is 24.7 Å². The van der Waals surface area contributed by atoms with E-state index < -0.39 is 5.97 Å². The quantitative estimate of drug-likeness (QED) is 0.427. The molecule has 2 aromatic carbocycles. The van der Waals surface area contributed by atoms with Crippen molar-refractivity contribution in [2.45, 2.75) is 6.61 Å². The Bertz CT molecular complexity index is 1050. The Labute approximate surface area is 187 Å². The maximum atomic E-state index is 11.9. The van der Waals surface area contributed by atoms with Crippen molar-refractivity contribution in [3.63, 3.8) is 0 Å². The van der Waals surface area contributed by atoms with E-state index in [1.807, 2.05) is 0 Å². The Kier molecular flexibility index (Phi) is 7.43. The van der Waals surface area contributed by atoms with E-state index in [4.69, 9.17) is 51.3 Å². The lowest BCUT2D eigenvalue weighted by atomic mass is 10.2. The maximum absolute atomic E-state index is 11.9. The summed E-state index contributed by atoms with van der Waals surface area (Å²) in [5, 5.41) is 8.58. The average Bonchev–Trinajstić information content (AvgIpc) is 3.25. The molecule has 0 saturated heterocycles. The fourth-order valence-corrected chi connectivity index (χ4v) is 3.01. The molecule has 3 aromatic rings. The first kappa shape index (κ1) is 22.5. The van der Waals surface area contributed by atoms with Gasteiger partial charge in [0.2, 0.25) is 11.6 Å². The topological polar surface area (TPSA) is 102 Å². The minimum absolute atomic E-state index is 0.0987. The first-order valence-electron chi connectivity index (χ1n) is 8.81. The summed E-state index contributed by atoms with van der Waals surface area (Å²) >= 11 is 11.8. The van der Waals surface area contributed by atoms with Gasteiger partial charge in [-0.1, -0.05) is 23.2 Å². The van der Waals surface area contributed by atoms with E-state index in [0.717, 1.165) is 0 Å². The van der Waals surface area contributed by atoms with Gasteiger partial charge < -0.3 is 28.1 Å². The van der Waals surface area contributed by atoms with Crippen LogP contribution in [0.15, 0.2) is 34.7 Å². The number of hydrogen-bond acceptors (Lipinski definition) is 9. The molecule has 0 bridgehead atoms. The minimum atomic E-state index is -0.640. The van der Waals surface area contributed by atoms with Gasteiger partial charge in [-0.15, -0.1) is 10.2 Å². The summed E-state index contributed by atoms with van der Waals surface area (Å²) in [7, 11) is 4.50. The Balaban J connectivity index is 1.62. The minimum Gasteiger partial charge on any atom is -0.493 e. The number of aromatic nitrogens is 2. The Morgan fingerprint density at radius 1 is 0.968 bits per heavy atom. The molecule has 0 saturated carbocycles. The molecule has 0 aliphatic carbocycles. The predicted octanol–water partition coefficient (Wildman–Crippen LogP) is 4.19. The number of hydrogen-bond donors (Lipinski definition) is 0. The summed E-state index contributed by atoms with van der Waals surface area (Å²) in [6, 6.07) is 7.98. The van der Waals surface area contributed by atoms with E-state index in [9.17, 15) is 4.79 Å². The lowest BCUT2D eigenvalue weighted by Gasteiger charge is -2.12. The zero-order valence-corrected chi connectivity index (χ0v) is 18.3. The Morgan fingerprint density at radius 3 is 2.29 bits per heavy atom. The van der Waals surface area contributed by atoms with E-state index in [1.165, 1.54) is 27.4 Å². The van der Waals surface area contributed by atoms with Crippen molar-refractivity contribution in [1.82, 2.24) is 10.2 Å². The molecule has 11 heteroatoms. The van der Waals surface area contributed by atoms with Gasteiger partial charge in [-0.25, -0.2) is 4.79 Å². The monoisotopic (exact) mass is 468 g/mol. The number of halogens is 2. The first-order valence-corrected chi connectivity index (χ1v) is 9.57. The first-order chi connectivity index (χ1) is 14.9. The third-order valence-electron chi connectivity index (χ3n) is 3.97. The van der Waals surface area contributed by atoms with Crippen molar-refractivity contribution in [2.24, 2.45) is 0 Å². The molecule has 164 valence electrons. The summed E-state index contributed by atoms with van der Waals surface area (Å²) in [5.74, 6) is 1.26. The van der Waals surface area contributed by atoms with Crippen LogP contribution in [0, 0.1) is 0 Å². The molecule has 1 heterocycles. The molecule has 0 unspecified atom stereocenters. The molecule has 0 radical (unpaired) electrons. The fourth-order valence-electron chi connectivity index (χ4n) is 2.55. The van der Waals surface area contributed by atoms with Crippen LogP contribution < -0.4 is 18.9 Å². The Hall–Kier alpha value is -3.17. The van der Waals surface area contributed by atoms with Crippen LogP contribution in [-0.2, 0) is 16.1 Å². The molecule has 31 heavy (non-hydrogen) atoms. The fraction of sp³-hybridized carbons (Fsp3) is 0.250. The molecule has 0 aliphatic heterocycles. The molecule has 1 aromatic heterocycles. The summed E-state index contributed by atoms with van der Waals surface area (Å²) in [6.07, 6.45) is 0. The van der Waals surface area contributed by atoms with Gasteiger partial charge in [0.25, 0.3) is 5.89 Å². The SMILES string of the molecule is COc1cc(-c2nnc(COC(=O)COc3ccc(Cl)cc3Cl)o2)cc(OC)c1OC. The Morgan fingerprint density at radius 2 is 1.68 bits per heavy atom. The summed E-state index contributed by atoms with van der Waals surface area (Å²) in [6.45, 7) is -0.580. The van der Waals surface area contributed by atoms with Gasteiger partial charge in [0, 0.05) is 10.6 Å². The van der Waals surface area contributed by atoms with Crippen LogP contribution in [0.1, 0.15) is 5.89 Å². The van der Waals surface area contributed by atoms with Crippen molar-refractivity contribution in [2.75, 3.05) is 27.9 Å². The molecule has 0 fully saturated rings. The molecular weight excluding hydrogens is 451 g/mol. The smallest absolute Gasteiger partial charge is 0.344 e. The van der Waals surface area contributed by atoms with Crippen LogP contribution in [0.3, 0.4) is 0 Å². The largest absolute Gasteiger partial charge is 0.493 e. The molecule has 0 atom stereocenters. The zero-order chi connectivity index (χ0) is 22.4. The van der Waals surface area contributed by atoms with Gasteiger partial charge in [-0.3, -0.25) is 0 Å².